The van der Waals surface area contributed by atoms with Gasteiger partial charge in [-0.1, -0.05) is 413 Å². The molecule has 4 nitrogen and oxygen atoms in total. The van der Waals surface area contributed by atoms with E-state index in [4.69, 9.17) is 0 Å². The van der Waals surface area contributed by atoms with Gasteiger partial charge in [-0.05, 0) is 332 Å². The molecule has 0 saturated carbocycles. The maximum Gasteiger partial charge on any atom is 0.0754 e. The SMILES string of the molecule is c1ccc(N(c2cccc(-c3ccc4c(c3)C3(c5ccccc5-4)c4ccccc4-n4c5ccc(-c6ccc7c(c6)C6(c8ccccc8-7)c7ccccc7-c7ccc(N(c8ccc(-c9cccc%10ccccc9%10)cc8)c8cccc(-c9ccc%10c(c9)C9(c%11ccccc%11-%10)c%10ccccc%10-n%10c%11ccccc%11c%11cccc9c%11%10)c8)cc76)cc5c5cccc3c54)c2)c2ccc3c(c2)C2(c4ccccc4-c4ccccc42)c2ccccc2-3)cc1. The van der Waals surface area contributed by atoms with E-state index in [1.165, 1.54) is 244 Å². The van der Waals surface area contributed by atoms with Gasteiger partial charge >= 0.3 is 0 Å². The lowest BCUT2D eigenvalue weighted by Gasteiger charge is -2.39. The number of anilines is 6. The summed E-state index contributed by atoms with van der Waals surface area (Å²) in [5, 5.41) is 7.44. The molecule has 26 aromatic rings. The molecule has 4 spiro atoms. The van der Waals surface area contributed by atoms with Crippen LogP contribution in [0.5, 0.6) is 0 Å². The van der Waals surface area contributed by atoms with Crippen LogP contribution in [0.15, 0.2) is 534 Å². The quantitative estimate of drug-likeness (QED) is 0.136. The van der Waals surface area contributed by atoms with Gasteiger partial charge in [0, 0.05) is 55.7 Å². The molecule has 8 aliphatic rings. The van der Waals surface area contributed by atoms with Gasteiger partial charge in [0.1, 0.15) is 0 Å². The summed E-state index contributed by atoms with van der Waals surface area (Å²) in [6, 6.07) is 205. The van der Waals surface area contributed by atoms with Crippen LogP contribution in [-0.2, 0) is 21.7 Å². The van der Waals surface area contributed by atoms with Crippen molar-refractivity contribution in [1.29, 1.82) is 0 Å². The molecule has 4 heteroatoms. The second-order valence-electron chi connectivity index (χ2n) is 42.1. The van der Waals surface area contributed by atoms with E-state index in [1.54, 1.807) is 0 Å². The second kappa shape index (κ2) is 30.2. The van der Waals surface area contributed by atoms with Gasteiger partial charge in [-0.3, -0.25) is 0 Å². The molecule has 24 aromatic carbocycles. The molecule has 3 atom stereocenters. The summed E-state index contributed by atoms with van der Waals surface area (Å²) in [7, 11) is 0. The van der Waals surface area contributed by atoms with Crippen molar-refractivity contribution in [1.82, 2.24) is 9.13 Å². The number of hydrogen-bond acceptors (Lipinski definition) is 2. The van der Waals surface area contributed by atoms with Crippen molar-refractivity contribution >= 4 is 88.5 Å². The largest absolute Gasteiger partial charge is 0.310 e. The fourth-order valence-corrected chi connectivity index (χ4v) is 29.8. The number of nitrogens with zero attached hydrogens (tertiary/aromatic N) is 4. The molecule has 34 rings (SSSR count). The van der Waals surface area contributed by atoms with Gasteiger partial charge in [0.2, 0.25) is 0 Å². The number of rotatable bonds is 10. The highest BCUT2D eigenvalue weighted by Gasteiger charge is 2.57. The van der Waals surface area contributed by atoms with Gasteiger partial charge < -0.3 is 18.9 Å². The zero-order valence-electron chi connectivity index (χ0n) is 81.6. The van der Waals surface area contributed by atoms with E-state index in [1.807, 2.05) is 0 Å². The molecule has 0 bridgehead atoms. The maximum atomic E-state index is 2.61. The smallest absolute Gasteiger partial charge is 0.0754 e. The molecule has 0 radical (unpaired) electrons. The Morgan fingerprint density at radius 2 is 0.400 bits per heavy atom. The van der Waals surface area contributed by atoms with Gasteiger partial charge in [-0.15, -0.1) is 0 Å². The Balaban J connectivity index is 0.513. The van der Waals surface area contributed by atoms with E-state index in [0.29, 0.717) is 0 Å². The zero-order valence-corrected chi connectivity index (χ0v) is 81.6. The molecule has 2 aromatic heterocycles. The van der Waals surface area contributed by atoms with Crippen LogP contribution in [-0.4, -0.2) is 9.13 Å². The Morgan fingerprint density at radius 1 is 0.133 bits per heavy atom. The third-order valence-corrected chi connectivity index (χ3v) is 35.5. The van der Waals surface area contributed by atoms with Crippen molar-refractivity contribution in [2.24, 2.45) is 0 Å². The Bertz CT molecular complexity index is 10400. The Morgan fingerprint density at radius 3 is 0.860 bits per heavy atom. The van der Waals surface area contributed by atoms with Crippen molar-refractivity contribution in [3.63, 3.8) is 0 Å². The molecule has 4 heterocycles. The monoisotopic (exact) mass is 1900 g/mol. The highest BCUT2D eigenvalue weighted by molar-refractivity contribution is 6.16. The van der Waals surface area contributed by atoms with E-state index in [0.717, 1.165) is 56.4 Å². The standard InChI is InChI=1S/C146H88N4/c1-2-35-97(36-3-1)147(101-73-78-115-110-45-8-16-53-123(110)143(135(115)87-101)121-51-14-6-40-105(121)106-41-7-15-52-122(106)143)99-37-26-33-91(81-99)94-67-76-114-109-44-12-20-57-127(109)146(134(114)85-94)129-59-22-25-64-140(129)150-138-80-70-93(83-120(138)119-50-30-61-131(146)142(119)150)96-69-77-112-107-42-9-17-54-124(107)144(132(112)86-96)125-55-18-10-46-111(125)116-79-74-102(88-136(116)144)148(98-71-65-90(66-72-98)104-48-28-32-89-31-4-5-39-103(89)104)100-38-27-34-92(82-100)95-68-75-113-108-43-11-19-56-126(108)145(133(113)84-95)128-58-21-24-63-139(128)149-137-62-23-13-47-117(137)118-49-29-60-130(145)141(118)149/h1-88H. The molecule has 0 fully saturated rings. The predicted molar refractivity (Wildman–Crippen MR) is 618 cm³/mol. The number of hydrogen-bond donors (Lipinski definition) is 0. The Kier molecular flexibility index (Phi) is 16.5. The molecule has 150 heavy (non-hydrogen) atoms. The van der Waals surface area contributed by atoms with Gasteiger partial charge in [0.25, 0.3) is 0 Å². The summed E-state index contributed by atoms with van der Waals surface area (Å²) < 4.78 is 5.15. The summed E-state index contributed by atoms with van der Waals surface area (Å²) in [6.45, 7) is 0. The van der Waals surface area contributed by atoms with Crippen molar-refractivity contribution < 1.29 is 0 Å². The van der Waals surface area contributed by atoms with Crippen LogP contribution in [0.25, 0.3) is 177 Å². The van der Waals surface area contributed by atoms with Gasteiger partial charge in [0.05, 0.1) is 55.1 Å². The summed E-state index contributed by atoms with van der Waals surface area (Å²) in [4.78, 5) is 5.00. The topological polar surface area (TPSA) is 16.3 Å². The third-order valence-electron chi connectivity index (χ3n) is 35.5. The molecule has 0 saturated heterocycles. The molecule has 0 N–H and O–H groups in total. The number of benzene rings is 24. The van der Waals surface area contributed by atoms with Crippen LogP contribution in [0.3, 0.4) is 0 Å². The van der Waals surface area contributed by atoms with Crippen molar-refractivity contribution in [3.05, 3.63) is 623 Å². The lowest BCUT2D eigenvalue weighted by Crippen LogP contribution is -2.33. The first-order chi connectivity index (χ1) is 74.4. The molecule has 0 amide bonds. The first-order valence-electron chi connectivity index (χ1n) is 52.6. The Labute approximate surface area is 868 Å². The maximum absolute atomic E-state index is 2.61. The van der Waals surface area contributed by atoms with Crippen LogP contribution in [0, 0.1) is 0 Å². The first-order valence-corrected chi connectivity index (χ1v) is 52.6. The highest BCUT2D eigenvalue weighted by Crippen LogP contribution is 2.70. The van der Waals surface area contributed by atoms with E-state index in [2.05, 4.69) is 553 Å². The fourth-order valence-electron chi connectivity index (χ4n) is 29.8. The second-order valence-corrected chi connectivity index (χ2v) is 42.1. The van der Waals surface area contributed by atoms with E-state index >= 15 is 0 Å². The van der Waals surface area contributed by atoms with Gasteiger partial charge in [-0.25, -0.2) is 0 Å². The molecule has 3 unspecified atom stereocenters. The minimum Gasteiger partial charge on any atom is -0.310 e. The average molecular weight is 1900 g/mol. The van der Waals surface area contributed by atoms with Crippen LogP contribution in [0.2, 0.25) is 0 Å². The van der Waals surface area contributed by atoms with Crippen LogP contribution < -0.4 is 9.80 Å². The third kappa shape index (κ3) is 10.5. The van der Waals surface area contributed by atoms with Crippen LogP contribution in [0.4, 0.5) is 34.1 Å². The molecule has 2 aliphatic heterocycles. The summed E-state index contributed by atoms with van der Waals surface area (Å²) in [6.07, 6.45) is 0. The van der Waals surface area contributed by atoms with E-state index in [9.17, 15) is 0 Å². The molecule has 6 aliphatic carbocycles. The number of para-hydroxylation sites is 6. The summed E-state index contributed by atoms with van der Waals surface area (Å²) in [5.41, 5.74) is 56.6. The number of aromatic nitrogens is 2. The molecule has 692 valence electrons. The van der Waals surface area contributed by atoms with Crippen LogP contribution in [0.1, 0.15) is 89.0 Å². The van der Waals surface area contributed by atoms with Crippen molar-refractivity contribution in [2.75, 3.05) is 9.80 Å². The minimum atomic E-state index is -0.715. The normalized spacial score (nSPS) is 16.1. The lowest BCUT2D eigenvalue weighted by molar-refractivity contribution is 0.749. The van der Waals surface area contributed by atoms with E-state index < -0.39 is 21.7 Å². The zero-order chi connectivity index (χ0) is 97.7. The van der Waals surface area contributed by atoms with Crippen LogP contribution >= 0.6 is 0 Å². The predicted octanol–water partition coefficient (Wildman–Crippen LogP) is 36.7. The first kappa shape index (κ1) is 82.1. The molecular formula is C146H88N4. The fraction of sp³-hybridized carbons (Fsp3) is 0.0274. The Hall–Kier alpha value is -19.3. The van der Waals surface area contributed by atoms with E-state index in [-0.39, 0.29) is 0 Å². The minimum absolute atomic E-state index is 0.495. The summed E-state index contributed by atoms with van der Waals surface area (Å²) in [5.74, 6) is 0. The summed E-state index contributed by atoms with van der Waals surface area (Å²) >= 11 is 0. The van der Waals surface area contributed by atoms with Crippen molar-refractivity contribution in [3.8, 4) is 123 Å². The molecular weight excluding hydrogens is 1810 g/mol. The highest BCUT2D eigenvalue weighted by atomic mass is 15.2. The lowest BCUT2D eigenvalue weighted by atomic mass is 9.65. The average Bonchev–Trinajstić information content (AvgIpc) is 1.45. The van der Waals surface area contributed by atoms with Gasteiger partial charge in [0.15, 0.2) is 0 Å². The van der Waals surface area contributed by atoms with Crippen molar-refractivity contribution in [2.45, 2.75) is 21.7 Å². The van der Waals surface area contributed by atoms with Gasteiger partial charge in [-0.2, -0.15) is 0 Å². The number of fused-ring (bicyclic) bond motifs is 45.